The molecule has 4 rings (SSSR count). The number of aliphatic hydroxyl groups excluding tert-OH is 4. The minimum absolute atomic E-state index is 0.101. The van der Waals surface area contributed by atoms with Crippen LogP contribution < -0.4 is 26.4 Å². The minimum atomic E-state index is -5.70. The van der Waals surface area contributed by atoms with Crippen molar-refractivity contribution in [1.29, 1.82) is 0 Å². The summed E-state index contributed by atoms with van der Waals surface area (Å²) in [5, 5.41) is 59.7. The summed E-state index contributed by atoms with van der Waals surface area (Å²) in [4.78, 5) is 62.6. The number of hydrogen-bond acceptors (Lipinski definition) is 16. The number of amides is 4. The van der Waals surface area contributed by atoms with Gasteiger partial charge in [-0.25, -0.2) is 14.2 Å². The second-order valence-corrected chi connectivity index (χ2v) is 18.1. The number of primary amides is 1. The maximum absolute atomic E-state index is 13.6. The Kier molecular flexibility index (Phi) is 22.9. The Morgan fingerprint density at radius 3 is 2.01 bits per heavy atom. The van der Waals surface area contributed by atoms with Crippen LogP contribution in [0, 0.1) is 0 Å². The Morgan fingerprint density at radius 1 is 0.819 bits per heavy atom. The first-order valence-corrected chi connectivity index (χ1v) is 24.2. The summed E-state index contributed by atoms with van der Waals surface area (Å²) >= 11 is 0. The van der Waals surface area contributed by atoms with Crippen molar-refractivity contribution in [2.45, 2.75) is 151 Å². The van der Waals surface area contributed by atoms with Crippen LogP contribution in [0.1, 0.15) is 87.1 Å². The fourth-order valence-electron chi connectivity index (χ4n) is 7.46. The van der Waals surface area contributed by atoms with E-state index in [9.17, 15) is 80.5 Å². The number of benzene rings is 2. The van der Waals surface area contributed by atoms with Crippen molar-refractivity contribution >= 4 is 37.3 Å². The number of carbonyl (C=O) groups excluding carboxylic acids is 3. The molecule has 2 aromatic carbocycles. The first-order chi connectivity index (χ1) is 33.8. The molecule has 4 amide bonds. The van der Waals surface area contributed by atoms with E-state index < -0.39 is 142 Å². The molecule has 12 atom stereocenters. The number of carboxylic acids is 1. The van der Waals surface area contributed by atoms with Gasteiger partial charge in [-0.05, 0) is 48.9 Å². The highest BCUT2D eigenvalue weighted by Gasteiger charge is 2.55. The number of ether oxygens (including phenoxy) is 5. The molecule has 0 bridgehead atoms. The SMILES string of the molecule is CCCCCCCCCCCCO[C@H](COP(=O)(O)OC1OC(C(N)=O)C(O)C(NC(=O)Nc2ccc(OC(F)(F)F)cc2)C1OC1OC(CO)C(O)C(O)C1NC(=O)c1cccc(C(F)(F)F)c1)C(=O)O. The summed E-state index contributed by atoms with van der Waals surface area (Å²) in [6.45, 7) is -0.230. The van der Waals surface area contributed by atoms with Gasteiger partial charge in [-0.2, -0.15) is 13.2 Å². The first-order valence-electron chi connectivity index (χ1n) is 22.7. The predicted octanol–water partition coefficient (Wildman–Crippen LogP) is 3.81. The minimum Gasteiger partial charge on any atom is -0.479 e. The highest BCUT2D eigenvalue weighted by molar-refractivity contribution is 7.47. The van der Waals surface area contributed by atoms with Crippen LogP contribution in [0.15, 0.2) is 48.5 Å². The zero-order chi connectivity index (χ0) is 53.4. The number of phosphoric ester groups is 1. The fourth-order valence-corrected chi connectivity index (χ4v) is 8.27. The highest BCUT2D eigenvalue weighted by Crippen LogP contribution is 2.47. The molecule has 0 spiro atoms. The summed E-state index contributed by atoms with van der Waals surface area (Å²) in [6, 6.07) is 0.712. The summed E-state index contributed by atoms with van der Waals surface area (Å²) in [6.07, 6.45) is -20.2. The predicted molar refractivity (Wildman–Crippen MR) is 234 cm³/mol. The number of phosphoric acid groups is 1. The van der Waals surface area contributed by atoms with Gasteiger partial charge in [-0.1, -0.05) is 70.8 Å². The third kappa shape index (κ3) is 18.6. The van der Waals surface area contributed by atoms with Gasteiger partial charge in [0.2, 0.25) is 5.91 Å². The summed E-state index contributed by atoms with van der Waals surface area (Å²) in [5.74, 6) is -5.19. The Bertz CT molecular complexity index is 2110. The number of alkyl halides is 6. The molecule has 2 heterocycles. The van der Waals surface area contributed by atoms with E-state index in [0.717, 1.165) is 81.3 Å². The van der Waals surface area contributed by atoms with E-state index in [4.69, 9.17) is 33.7 Å². The van der Waals surface area contributed by atoms with E-state index in [2.05, 4.69) is 27.6 Å². The van der Waals surface area contributed by atoms with Crippen LogP contribution in [0.4, 0.5) is 36.8 Å². The van der Waals surface area contributed by atoms with Crippen LogP contribution in [-0.4, -0.2) is 148 Å². The maximum Gasteiger partial charge on any atom is 0.573 e. The molecule has 2 aliphatic heterocycles. The van der Waals surface area contributed by atoms with Crippen LogP contribution in [0.2, 0.25) is 0 Å². The van der Waals surface area contributed by atoms with E-state index in [1.807, 2.05) is 0 Å². The molecule has 11 unspecified atom stereocenters. The Balaban J connectivity index is 1.62. The van der Waals surface area contributed by atoms with Crippen molar-refractivity contribution in [3.8, 4) is 5.75 Å². The molecule has 11 N–H and O–H groups in total. The molecule has 2 fully saturated rings. The van der Waals surface area contributed by atoms with Crippen molar-refractivity contribution in [3.63, 3.8) is 0 Å². The van der Waals surface area contributed by atoms with Crippen molar-refractivity contribution in [2.24, 2.45) is 5.73 Å². The molecular formula is C43H59F6N4O18P. The van der Waals surface area contributed by atoms with E-state index >= 15 is 0 Å². The van der Waals surface area contributed by atoms with E-state index in [1.54, 1.807) is 0 Å². The van der Waals surface area contributed by atoms with E-state index in [0.29, 0.717) is 25.0 Å². The first kappa shape index (κ1) is 59.8. The van der Waals surface area contributed by atoms with Crippen LogP contribution in [0.5, 0.6) is 5.75 Å². The average molecular weight is 1060 g/mol. The van der Waals surface area contributed by atoms with Gasteiger partial charge in [0.05, 0.1) is 24.8 Å². The lowest BCUT2D eigenvalue weighted by Crippen LogP contribution is -2.70. The summed E-state index contributed by atoms with van der Waals surface area (Å²) in [5.41, 5.74) is 3.30. The van der Waals surface area contributed by atoms with Crippen molar-refractivity contribution < 1.29 is 113 Å². The van der Waals surface area contributed by atoms with Gasteiger partial charge in [0.15, 0.2) is 24.8 Å². The number of aliphatic carboxylic acids is 1. The standard InChI is InChI=1S/C43H59F6N4O18P/c1-2-3-4-5-6-7-8-9-10-11-19-65-28(38(60)61)22-66-72(63,64)71-40-34(29(33(57)35(69-40)36(50)58)53-41(62)51-25-15-17-26(18-16-25)70-43(47,48)49)68-39-30(32(56)31(55)27(21-54)67-39)52-37(59)23-13-12-14-24(20-23)42(44,45)46/h12-18,20,27-35,39-40,54-57H,2-11,19,21-22H2,1H3,(H2,50,58)(H,52,59)(H,60,61)(H,63,64)(H2,51,53,62)/t27?,28-,29?,30?,31?,32?,33?,34?,35?,39?,40?/m1/s1. The zero-order valence-electron chi connectivity index (χ0n) is 38.5. The molecule has 0 radical (unpaired) electrons. The number of aliphatic hydroxyl groups is 4. The number of anilines is 1. The molecule has 2 aliphatic rings. The van der Waals surface area contributed by atoms with Crippen LogP contribution in [0.3, 0.4) is 0 Å². The van der Waals surface area contributed by atoms with Gasteiger partial charge < -0.3 is 75.8 Å². The lowest BCUT2D eigenvalue weighted by atomic mass is 9.94. The van der Waals surface area contributed by atoms with E-state index in [-0.39, 0.29) is 12.3 Å². The number of hydrogen-bond donors (Lipinski definition) is 10. The smallest absolute Gasteiger partial charge is 0.479 e. The van der Waals surface area contributed by atoms with Gasteiger partial charge in [-0.15, -0.1) is 13.2 Å². The number of unbranched alkanes of at least 4 members (excludes halogenated alkanes) is 9. The second-order valence-electron chi connectivity index (χ2n) is 16.6. The molecule has 0 aliphatic carbocycles. The third-order valence-electron chi connectivity index (χ3n) is 11.1. The van der Waals surface area contributed by atoms with Crippen molar-refractivity contribution in [2.75, 3.05) is 25.1 Å². The normalized spacial score (nSPS) is 25.9. The second kappa shape index (κ2) is 27.5. The quantitative estimate of drug-likeness (QED) is 0.0345. The third-order valence-corrected chi connectivity index (χ3v) is 12.1. The molecular weight excluding hydrogens is 1010 g/mol. The van der Waals surface area contributed by atoms with Crippen molar-refractivity contribution in [1.82, 2.24) is 10.6 Å². The molecule has 72 heavy (non-hydrogen) atoms. The number of carboxylic acid groups (broad SMARTS) is 1. The van der Waals surface area contributed by atoms with Gasteiger partial charge in [0, 0.05) is 17.9 Å². The summed E-state index contributed by atoms with van der Waals surface area (Å²) in [7, 11) is -5.70. The molecule has 2 aromatic rings. The van der Waals surface area contributed by atoms with Gasteiger partial charge in [0.25, 0.3) is 5.91 Å². The Morgan fingerprint density at radius 2 is 1.44 bits per heavy atom. The number of nitrogens with two attached hydrogens (primary N) is 1. The number of halogens is 6. The van der Waals surface area contributed by atoms with Crippen molar-refractivity contribution in [3.05, 3.63) is 59.7 Å². The lowest BCUT2D eigenvalue weighted by Gasteiger charge is -2.48. The monoisotopic (exact) mass is 1060 g/mol. The molecule has 0 aromatic heterocycles. The van der Waals surface area contributed by atoms with Gasteiger partial charge in [0.1, 0.15) is 42.3 Å². The van der Waals surface area contributed by atoms with Crippen LogP contribution in [0.25, 0.3) is 0 Å². The topological polar surface area (TPSA) is 333 Å². The fraction of sp³-hybridized carbons (Fsp3) is 0.628. The Hall–Kier alpha value is -4.71. The number of carbonyl (C=O) groups is 4. The zero-order valence-corrected chi connectivity index (χ0v) is 39.4. The summed E-state index contributed by atoms with van der Waals surface area (Å²) < 4.78 is 129. The number of rotatable bonds is 27. The number of nitrogens with one attached hydrogen (secondary N) is 3. The van der Waals surface area contributed by atoms with E-state index in [1.165, 1.54) is 6.42 Å². The lowest BCUT2D eigenvalue weighted by molar-refractivity contribution is -0.325. The van der Waals surface area contributed by atoms with Gasteiger partial charge in [-0.3, -0.25) is 18.6 Å². The average Bonchev–Trinajstić information content (AvgIpc) is 3.30. The maximum atomic E-state index is 13.6. The Labute approximate surface area is 408 Å². The van der Waals surface area contributed by atoms with Gasteiger partial charge >= 0.3 is 32.4 Å². The highest BCUT2D eigenvalue weighted by atomic mass is 31.2. The molecule has 2 saturated heterocycles. The van der Waals surface area contributed by atoms with Crippen LogP contribution in [-0.2, 0) is 48.3 Å². The van der Waals surface area contributed by atoms with Crippen LogP contribution >= 0.6 is 7.82 Å². The molecule has 22 nitrogen and oxygen atoms in total. The molecule has 29 heteroatoms. The number of urea groups is 1. The molecule has 0 saturated carbocycles. The molecule has 406 valence electrons. The largest absolute Gasteiger partial charge is 0.573 e.